The molecule has 9 heavy (non-hydrogen) atoms. The van der Waals surface area contributed by atoms with Crippen molar-refractivity contribution in [3.05, 3.63) is 0 Å². The van der Waals surface area contributed by atoms with Crippen LogP contribution >= 0.6 is 23.3 Å². The van der Waals surface area contributed by atoms with Gasteiger partial charge in [-0.1, -0.05) is 22.9 Å². The van der Waals surface area contributed by atoms with Gasteiger partial charge in [-0.25, -0.2) is 0 Å². The zero-order valence-electron chi connectivity index (χ0n) is 5.76. The van der Waals surface area contributed by atoms with Gasteiger partial charge in [0.05, 0.1) is 11.7 Å². The molecule has 1 unspecified atom stereocenters. The Bertz CT molecular complexity index is 108. The van der Waals surface area contributed by atoms with Crippen molar-refractivity contribution in [2.24, 2.45) is 0 Å². The van der Waals surface area contributed by atoms with Gasteiger partial charge >= 0.3 is 0 Å². The van der Waals surface area contributed by atoms with Crippen molar-refractivity contribution < 1.29 is 9.09 Å². The molecule has 0 rings (SSSR count). The minimum absolute atomic E-state index is 0.477. The van der Waals surface area contributed by atoms with Gasteiger partial charge < -0.3 is 4.52 Å². The molecule has 0 radical (unpaired) electrons. The van der Waals surface area contributed by atoms with Gasteiger partial charge in [0.15, 0.2) is 0 Å². The Morgan fingerprint density at radius 1 is 1.56 bits per heavy atom. The minimum atomic E-state index is -2.26. The molecule has 0 N–H and O–H groups in total. The molecule has 0 saturated carbocycles. The molecule has 0 aliphatic heterocycles. The summed E-state index contributed by atoms with van der Waals surface area (Å²) in [6, 6.07) is 0. The highest BCUT2D eigenvalue weighted by atomic mass is 79.9. The van der Waals surface area contributed by atoms with Gasteiger partial charge in [0.2, 0.25) is 7.37 Å². The molecule has 0 fully saturated rings. The van der Waals surface area contributed by atoms with Gasteiger partial charge in [0.25, 0.3) is 0 Å². The van der Waals surface area contributed by atoms with Crippen LogP contribution in [-0.2, 0) is 9.09 Å². The topological polar surface area (TPSA) is 26.3 Å². The summed E-state index contributed by atoms with van der Waals surface area (Å²) < 4.78 is 16.3. The summed E-state index contributed by atoms with van der Waals surface area (Å²) in [4.78, 5) is 0. The zero-order chi connectivity index (χ0) is 7.33. The molecule has 0 aromatic heterocycles. The molecule has 0 aliphatic carbocycles. The lowest BCUT2D eigenvalue weighted by Gasteiger charge is -2.11. The highest BCUT2D eigenvalue weighted by molar-refractivity contribution is 9.10. The van der Waals surface area contributed by atoms with E-state index in [2.05, 4.69) is 15.9 Å². The van der Waals surface area contributed by atoms with Gasteiger partial charge in [-0.05, 0) is 6.92 Å². The monoisotopic (exact) mass is 214 g/mol. The van der Waals surface area contributed by atoms with Crippen LogP contribution in [0.4, 0.5) is 0 Å². The molecular formula is C5H12BrO2P. The molecule has 2 nitrogen and oxygen atoms in total. The molecule has 0 aliphatic rings. The van der Waals surface area contributed by atoms with Crippen LogP contribution in [0, 0.1) is 0 Å². The normalized spacial score (nSPS) is 17.2. The Morgan fingerprint density at radius 2 is 2.11 bits per heavy atom. The molecular weight excluding hydrogens is 203 g/mol. The molecule has 0 aromatic rings. The van der Waals surface area contributed by atoms with E-state index in [9.17, 15) is 4.57 Å². The van der Waals surface area contributed by atoms with E-state index in [4.69, 9.17) is 4.52 Å². The summed E-state index contributed by atoms with van der Waals surface area (Å²) in [5.41, 5.74) is 0. The summed E-state index contributed by atoms with van der Waals surface area (Å²) in [6.07, 6.45) is 0.617. The van der Waals surface area contributed by atoms with E-state index in [0.29, 0.717) is 17.8 Å². The third-order valence-corrected chi connectivity index (χ3v) is 5.38. The lowest BCUT2D eigenvalue weighted by molar-refractivity contribution is 0.337. The van der Waals surface area contributed by atoms with E-state index in [-0.39, 0.29) is 0 Å². The fourth-order valence-electron chi connectivity index (χ4n) is 0.446. The molecule has 0 amide bonds. The summed E-state index contributed by atoms with van der Waals surface area (Å²) in [6.45, 7) is 4.26. The second-order valence-corrected chi connectivity index (χ2v) is 5.93. The Balaban J connectivity index is 3.78. The van der Waals surface area contributed by atoms with Gasteiger partial charge in [-0.15, -0.1) is 0 Å². The molecule has 0 saturated heterocycles. The van der Waals surface area contributed by atoms with Gasteiger partial charge in [-0.2, -0.15) is 0 Å². The second-order valence-electron chi connectivity index (χ2n) is 1.67. The van der Waals surface area contributed by atoms with Crippen LogP contribution in [0.25, 0.3) is 0 Å². The van der Waals surface area contributed by atoms with Crippen molar-refractivity contribution in [1.29, 1.82) is 0 Å². The van der Waals surface area contributed by atoms with Crippen LogP contribution in [0.3, 0.4) is 0 Å². The van der Waals surface area contributed by atoms with Crippen LogP contribution in [0.2, 0.25) is 0 Å². The Hall–Kier alpha value is 0.670. The quantitative estimate of drug-likeness (QED) is 0.532. The average molecular weight is 215 g/mol. The Morgan fingerprint density at radius 3 is 2.22 bits per heavy atom. The van der Waals surface area contributed by atoms with Crippen LogP contribution < -0.4 is 0 Å². The molecule has 0 bridgehead atoms. The predicted octanol–water partition coefficient (Wildman–Crippen LogP) is 2.67. The summed E-state index contributed by atoms with van der Waals surface area (Å²) in [5, 5.41) is 0.477. The van der Waals surface area contributed by atoms with Crippen molar-refractivity contribution in [1.82, 2.24) is 0 Å². The van der Waals surface area contributed by atoms with Crippen molar-refractivity contribution in [3.8, 4) is 0 Å². The molecule has 0 aromatic carbocycles. The lowest BCUT2D eigenvalue weighted by atomic mass is 10.9. The fourth-order valence-corrected chi connectivity index (χ4v) is 2.84. The van der Waals surface area contributed by atoms with Crippen molar-refractivity contribution in [2.75, 3.05) is 17.8 Å². The van der Waals surface area contributed by atoms with Gasteiger partial charge in [-0.3, -0.25) is 4.57 Å². The second kappa shape index (κ2) is 4.48. The summed E-state index contributed by atoms with van der Waals surface area (Å²) in [7, 11) is -2.26. The fraction of sp³-hybridized carbons (Fsp3) is 1.00. The van der Waals surface area contributed by atoms with Crippen molar-refractivity contribution in [2.45, 2.75) is 13.8 Å². The van der Waals surface area contributed by atoms with E-state index in [0.717, 1.165) is 0 Å². The number of hydrogen-bond acceptors (Lipinski definition) is 2. The molecule has 56 valence electrons. The minimum Gasteiger partial charge on any atom is -0.328 e. The van der Waals surface area contributed by atoms with Crippen LogP contribution in [0.1, 0.15) is 13.8 Å². The van der Waals surface area contributed by atoms with E-state index < -0.39 is 7.37 Å². The lowest BCUT2D eigenvalue weighted by Crippen LogP contribution is -1.92. The Labute approximate surface area is 64.6 Å². The van der Waals surface area contributed by atoms with Gasteiger partial charge in [0, 0.05) is 6.16 Å². The first-order valence-electron chi connectivity index (χ1n) is 2.97. The zero-order valence-corrected chi connectivity index (χ0v) is 8.24. The largest absolute Gasteiger partial charge is 0.328 e. The summed E-state index contributed by atoms with van der Waals surface area (Å²) >= 11 is 3.15. The average Bonchev–Trinajstić information content (AvgIpc) is 1.89. The summed E-state index contributed by atoms with van der Waals surface area (Å²) in [5.74, 6) is 0. The third-order valence-electron chi connectivity index (χ3n) is 1.03. The van der Waals surface area contributed by atoms with Crippen LogP contribution in [0.15, 0.2) is 0 Å². The van der Waals surface area contributed by atoms with E-state index in [1.165, 1.54) is 0 Å². The third kappa shape index (κ3) is 3.39. The molecule has 4 heteroatoms. The standard InChI is InChI=1S/C5H12BrO2P/c1-3-8-9(7,4-2)5-6/h3-5H2,1-2H3. The van der Waals surface area contributed by atoms with E-state index in [1.807, 2.05) is 13.8 Å². The maximum atomic E-state index is 11.3. The van der Waals surface area contributed by atoms with Crippen LogP contribution in [-0.4, -0.2) is 17.8 Å². The number of alkyl halides is 1. The first-order chi connectivity index (χ1) is 4.18. The Kier molecular flexibility index (Phi) is 4.81. The number of rotatable bonds is 4. The first kappa shape index (κ1) is 9.67. The molecule has 0 spiro atoms. The highest BCUT2D eigenvalue weighted by Crippen LogP contribution is 2.47. The molecule has 0 heterocycles. The maximum Gasteiger partial charge on any atom is 0.213 e. The highest BCUT2D eigenvalue weighted by Gasteiger charge is 2.16. The van der Waals surface area contributed by atoms with Crippen LogP contribution in [0.5, 0.6) is 0 Å². The first-order valence-corrected chi connectivity index (χ1v) is 6.08. The maximum absolute atomic E-state index is 11.3. The van der Waals surface area contributed by atoms with Gasteiger partial charge in [0.1, 0.15) is 0 Å². The van der Waals surface area contributed by atoms with Crippen molar-refractivity contribution >= 4 is 23.3 Å². The van der Waals surface area contributed by atoms with Crippen molar-refractivity contribution in [3.63, 3.8) is 0 Å². The van der Waals surface area contributed by atoms with E-state index >= 15 is 0 Å². The predicted molar refractivity (Wildman–Crippen MR) is 43.6 cm³/mol. The SMILES string of the molecule is CCOP(=O)(CC)CBr. The van der Waals surface area contributed by atoms with E-state index in [1.54, 1.807) is 0 Å². The number of hydrogen-bond donors (Lipinski definition) is 0. The smallest absolute Gasteiger partial charge is 0.213 e. The number of halogens is 1. The molecule has 1 atom stereocenters.